The molecule has 1 fully saturated rings. The van der Waals surface area contributed by atoms with Crippen LogP contribution >= 0.6 is 24.0 Å². The number of nitrogens with one attached hydrogen (secondary N) is 2. The summed E-state index contributed by atoms with van der Waals surface area (Å²) in [4.78, 5) is 6.73. The lowest BCUT2D eigenvalue weighted by Gasteiger charge is -2.38. The average Bonchev–Trinajstić information content (AvgIpc) is 2.60. The molecule has 0 radical (unpaired) electrons. The predicted octanol–water partition coefficient (Wildman–Crippen LogP) is 3.09. The molecule has 1 aliphatic rings. The van der Waals surface area contributed by atoms with Crippen LogP contribution in [0.1, 0.15) is 37.9 Å². The summed E-state index contributed by atoms with van der Waals surface area (Å²) in [7, 11) is 1.75. The maximum atomic E-state index is 13.8. The Kier molecular flexibility index (Phi) is 9.81. The van der Waals surface area contributed by atoms with Crippen LogP contribution in [0.25, 0.3) is 0 Å². The second kappa shape index (κ2) is 11.0. The largest absolute Gasteiger partial charge is 0.379 e. The van der Waals surface area contributed by atoms with Crippen molar-refractivity contribution in [2.75, 3.05) is 33.4 Å². The Bertz CT molecular complexity index is 599. The number of aryl methyl sites for hydroxylation is 1. The summed E-state index contributed by atoms with van der Waals surface area (Å²) in [6.45, 7) is 11.5. The van der Waals surface area contributed by atoms with Crippen molar-refractivity contribution in [2.24, 2.45) is 4.99 Å². The molecule has 0 bridgehead atoms. The van der Waals surface area contributed by atoms with Crippen LogP contribution in [0.4, 0.5) is 4.39 Å². The van der Waals surface area contributed by atoms with Crippen LogP contribution in [0.3, 0.4) is 0 Å². The molecule has 7 heteroatoms. The van der Waals surface area contributed by atoms with E-state index in [4.69, 9.17) is 4.74 Å². The highest BCUT2D eigenvalue weighted by molar-refractivity contribution is 14.0. The van der Waals surface area contributed by atoms with Crippen LogP contribution in [0.2, 0.25) is 0 Å². The molecule has 0 saturated carbocycles. The summed E-state index contributed by atoms with van der Waals surface area (Å²) in [6.07, 6.45) is 0. The number of hydrogen-bond donors (Lipinski definition) is 2. The van der Waals surface area contributed by atoms with Crippen LogP contribution in [0, 0.1) is 12.7 Å². The number of benzene rings is 1. The number of nitrogens with zero attached hydrogens (tertiary/aromatic N) is 2. The van der Waals surface area contributed by atoms with E-state index in [0.717, 1.165) is 37.8 Å². The second-order valence-corrected chi connectivity index (χ2v) is 6.84. The molecule has 1 saturated heterocycles. The fraction of sp³-hybridized carbons (Fsp3) is 0.632. The summed E-state index contributed by atoms with van der Waals surface area (Å²) < 4.78 is 19.3. The topological polar surface area (TPSA) is 48.9 Å². The summed E-state index contributed by atoms with van der Waals surface area (Å²) >= 11 is 0. The molecular weight excluding hydrogens is 446 g/mol. The van der Waals surface area contributed by atoms with E-state index in [0.29, 0.717) is 17.6 Å². The zero-order valence-corrected chi connectivity index (χ0v) is 18.7. The van der Waals surface area contributed by atoms with E-state index in [2.05, 4.69) is 34.4 Å². The number of ether oxygens (including phenoxy) is 1. The van der Waals surface area contributed by atoms with Gasteiger partial charge < -0.3 is 15.4 Å². The fourth-order valence-electron chi connectivity index (χ4n) is 3.12. The first-order valence-electron chi connectivity index (χ1n) is 8.99. The van der Waals surface area contributed by atoms with E-state index < -0.39 is 0 Å². The standard InChI is InChI=1S/C19H31FN4O.HI/c1-13-6-7-17(10-18(13)20)16(4)23-19(21-5)22-11-14(2)24-8-9-25-12-15(24)3;/h6-7,10,14-16H,8-9,11-12H2,1-5H3,(H2,21,22,23);1H. The van der Waals surface area contributed by atoms with Crippen molar-refractivity contribution < 1.29 is 9.13 Å². The van der Waals surface area contributed by atoms with Gasteiger partial charge in [-0.05, 0) is 44.9 Å². The van der Waals surface area contributed by atoms with E-state index in [1.807, 2.05) is 13.0 Å². The summed E-state index contributed by atoms with van der Waals surface area (Å²) in [5.41, 5.74) is 1.56. The van der Waals surface area contributed by atoms with Crippen molar-refractivity contribution in [1.82, 2.24) is 15.5 Å². The molecule has 1 heterocycles. The number of morpholine rings is 1. The van der Waals surface area contributed by atoms with Gasteiger partial charge in [0.05, 0.1) is 19.3 Å². The average molecular weight is 478 g/mol. The van der Waals surface area contributed by atoms with E-state index in [9.17, 15) is 4.39 Å². The number of aliphatic imine (C=N–C) groups is 1. The molecule has 0 spiro atoms. The minimum Gasteiger partial charge on any atom is -0.379 e. The molecule has 148 valence electrons. The highest BCUT2D eigenvalue weighted by Crippen LogP contribution is 2.16. The minimum atomic E-state index is -0.177. The van der Waals surface area contributed by atoms with Crippen molar-refractivity contribution in [3.63, 3.8) is 0 Å². The number of rotatable bonds is 5. The van der Waals surface area contributed by atoms with Crippen molar-refractivity contribution in [1.29, 1.82) is 0 Å². The molecule has 1 aromatic carbocycles. The van der Waals surface area contributed by atoms with Gasteiger partial charge in [-0.2, -0.15) is 0 Å². The normalized spacial score (nSPS) is 20.8. The molecule has 5 nitrogen and oxygen atoms in total. The quantitative estimate of drug-likeness (QED) is 0.388. The van der Waals surface area contributed by atoms with Gasteiger partial charge in [0.1, 0.15) is 5.82 Å². The number of guanidine groups is 1. The third-order valence-corrected chi connectivity index (χ3v) is 4.82. The van der Waals surface area contributed by atoms with Crippen LogP contribution in [-0.2, 0) is 4.74 Å². The van der Waals surface area contributed by atoms with Crippen LogP contribution in [0.15, 0.2) is 23.2 Å². The first-order valence-corrected chi connectivity index (χ1v) is 8.99. The highest BCUT2D eigenvalue weighted by Gasteiger charge is 2.23. The van der Waals surface area contributed by atoms with Gasteiger partial charge in [0.2, 0.25) is 0 Å². The lowest BCUT2D eigenvalue weighted by Crippen LogP contribution is -2.53. The van der Waals surface area contributed by atoms with Crippen molar-refractivity contribution in [3.8, 4) is 0 Å². The van der Waals surface area contributed by atoms with Gasteiger partial charge >= 0.3 is 0 Å². The Morgan fingerprint density at radius 2 is 2.15 bits per heavy atom. The zero-order valence-electron chi connectivity index (χ0n) is 16.4. The third kappa shape index (κ3) is 6.35. The van der Waals surface area contributed by atoms with Crippen molar-refractivity contribution in [2.45, 2.75) is 45.8 Å². The van der Waals surface area contributed by atoms with Crippen LogP contribution in [0.5, 0.6) is 0 Å². The van der Waals surface area contributed by atoms with Gasteiger partial charge in [0.25, 0.3) is 0 Å². The highest BCUT2D eigenvalue weighted by atomic mass is 127. The van der Waals surface area contributed by atoms with E-state index >= 15 is 0 Å². The molecule has 0 aliphatic carbocycles. The van der Waals surface area contributed by atoms with Gasteiger partial charge in [-0.1, -0.05) is 12.1 Å². The lowest BCUT2D eigenvalue weighted by atomic mass is 10.1. The third-order valence-electron chi connectivity index (χ3n) is 4.82. The van der Waals surface area contributed by atoms with Crippen molar-refractivity contribution >= 4 is 29.9 Å². The molecule has 26 heavy (non-hydrogen) atoms. The van der Waals surface area contributed by atoms with Crippen LogP contribution < -0.4 is 10.6 Å². The first-order chi connectivity index (χ1) is 11.9. The zero-order chi connectivity index (χ0) is 18.4. The Hall–Kier alpha value is -0.930. The van der Waals surface area contributed by atoms with E-state index in [1.165, 1.54) is 0 Å². The predicted molar refractivity (Wildman–Crippen MR) is 116 cm³/mol. The molecule has 3 atom stereocenters. The van der Waals surface area contributed by atoms with Gasteiger partial charge in [0.15, 0.2) is 5.96 Å². The SMILES string of the molecule is CN=C(NCC(C)N1CCOCC1C)NC(C)c1ccc(C)c(F)c1.I. The molecule has 2 rings (SSSR count). The Morgan fingerprint density at radius 1 is 1.42 bits per heavy atom. The monoisotopic (exact) mass is 478 g/mol. The summed E-state index contributed by atoms with van der Waals surface area (Å²) in [5, 5.41) is 6.70. The molecule has 0 aromatic heterocycles. The molecule has 2 N–H and O–H groups in total. The molecular formula is C19H32FIN4O. The van der Waals surface area contributed by atoms with Gasteiger partial charge in [-0.15, -0.1) is 24.0 Å². The lowest BCUT2D eigenvalue weighted by molar-refractivity contribution is -0.0174. The van der Waals surface area contributed by atoms with Gasteiger partial charge in [-0.25, -0.2) is 4.39 Å². The maximum absolute atomic E-state index is 13.8. The molecule has 1 aliphatic heterocycles. The number of halogens is 2. The van der Waals surface area contributed by atoms with Gasteiger partial charge in [0, 0.05) is 32.2 Å². The van der Waals surface area contributed by atoms with Crippen molar-refractivity contribution in [3.05, 3.63) is 35.1 Å². The second-order valence-electron chi connectivity index (χ2n) is 6.84. The molecule has 1 aromatic rings. The summed E-state index contributed by atoms with van der Waals surface area (Å²) in [5.74, 6) is 0.547. The maximum Gasteiger partial charge on any atom is 0.191 e. The van der Waals surface area contributed by atoms with E-state index in [-0.39, 0.29) is 35.8 Å². The Labute approximate surface area is 173 Å². The molecule has 0 amide bonds. The smallest absolute Gasteiger partial charge is 0.191 e. The summed E-state index contributed by atoms with van der Waals surface area (Å²) in [6, 6.07) is 6.11. The minimum absolute atomic E-state index is 0. The number of hydrogen-bond acceptors (Lipinski definition) is 3. The molecule has 3 unspecified atom stereocenters. The Balaban J connectivity index is 0.00000338. The van der Waals surface area contributed by atoms with Gasteiger partial charge in [-0.3, -0.25) is 9.89 Å². The van der Waals surface area contributed by atoms with E-state index in [1.54, 1.807) is 26.1 Å². The fourth-order valence-corrected chi connectivity index (χ4v) is 3.12. The first kappa shape index (κ1) is 23.1. The van der Waals surface area contributed by atoms with Crippen LogP contribution in [-0.4, -0.2) is 56.3 Å². The Morgan fingerprint density at radius 3 is 2.77 bits per heavy atom.